The van der Waals surface area contributed by atoms with Gasteiger partial charge in [-0.1, -0.05) is 30.3 Å². The van der Waals surface area contributed by atoms with Gasteiger partial charge in [0.25, 0.3) is 0 Å². The zero-order valence-corrected chi connectivity index (χ0v) is 13.5. The minimum Gasteiger partial charge on any atom is -0.313 e. The van der Waals surface area contributed by atoms with E-state index < -0.39 is 0 Å². The Bertz CT molecular complexity index is 728. The number of nitrogens with one attached hydrogen (secondary N) is 1. The zero-order chi connectivity index (χ0) is 14.8. The SMILES string of the molecule is CNC(Cc1nc2ccccc2s1)c1cccc(C)c1C. The molecule has 0 aliphatic rings. The molecule has 0 aliphatic heterocycles. The van der Waals surface area contributed by atoms with Crippen molar-refractivity contribution in [1.82, 2.24) is 10.3 Å². The van der Waals surface area contributed by atoms with Gasteiger partial charge in [-0.3, -0.25) is 0 Å². The van der Waals surface area contributed by atoms with E-state index in [1.165, 1.54) is 26.4 Å². The fourth-order valence-corrected chi connectivity index (χ4v) is 3.71. The van der Waals surface area contributed by atoms with Crippen LogP contribution in [0.1, 0.15) is 27.7 Å². The number of likely N-dealkylation sites (N-methyl/N-ethyl adjacent to an activating group) is 1. The first-order valence-electron chi connectivity index (χ1n) is 7.27. The highest BCUT2D eigenvalue weighted by molar-refractivity contribution is 7.18. The van der Waals surface area contributed by atoms with Gasteiger partial charge in [0, 0.05) is 12.5 Å². The summed E-state index contributed by atoms with van der Waals surface area (Å²) < 4.78 is 1.27. The third-order valence-electron chi connectivity index (χ3n) is 4.09. The molecule has 3 aromatic rings. The van der Waals surface area contributed by atoms with Crippen LogP contribution in [-0.4, -0.2) is 12.0 Å². The van der Waals surface area contributed by atoms with E-state index in [2.05, 4.69) is 55.6 Å². The number of benzene rings is 2. The Morgan fingerprint density at radius 1 is 1.10 bits per heavy atom. The van der Waals surface area contributed by atoms with Crippen LogP contribution in [0.4, 0.5) is 0 Å². The van der Waals surface area contributed by atoms with Gasteiger partial charge in [-0.25, -0.2) is 4.98 Å². The lowest BCUT2D eigenvalue weighted by Gasteiger charge is -2.19. The number of para-hydroxylation sites is 1. The Balaban J connectivity index is 1.92. The average molecular weight is 296 g/mol. The molecule has 0 fully saturated rings. The Morgan fingerprint density at radius 3 is 2.67 bits per heavy atom. The van der Waals surface area contributed by atoms with E-state index in [0.29, 0.717) is 6.04 Å². The highest BCUT2D eigenvalue weighted by Crippen LogP contribution is 2.28. The number of hydrogen-bond donors (Lipinski definition) is 1. The van der Waals surface area contributed by atoms with Gasteiger partial charge in [0.05, 0.1) is 15.2 Å². The van der Waals surface area contributed by atoms with Crippen LogP contribution in [0.2, 0.25) is 0 Å². The topological polar surface area (TPSA) is 24.9 Å². The quantitative estimate of drug-likeness (QED) is 0.771. The fraction of sp³-hybridized carbons (Fsp3) is 0.278. The van der Waals surface area contributed by atoms with Crippen molar-refractivity contribution < 1.29 is 0 Å². The Labute approximate surface area is 129 Å². The van der Waals surface area contributed by atoms with Crippen molar-refractivity contribution in [2.75, 3.05) is 7.05 Å². The largest absolute Gasteiger partial charge is 0.313 e. The standard InChI is InChI=1S/C18H20N2S/c1-12-7-6-8-14(13(12)2)16(19-3)11-18-20-15-9-4-5-10-17(15)21-18/h4-10,16,19H,11H2,1-3H3. The maximum absolute atomic E-state index is 4.76. The van der Waals surface area contributed by atoms with Gasteiger partial charge >= 0.3 is 0 Å². The van der Waals surface area contributed by atoms with E-state index in [1.807, 2.05) is 13.1 Å². The van der Waals surface area contributed by atoms with Crippen molar-refractivity contribution in [3.05, 3.63) is 64.2 Å². The van der Waals surface area contributed by atoms with Crippen LogP contribution in [0.15, 0.2) is 42.5 Å². The Kier molecular flexibility index (Phi) is 4.04. The third-order valence-corrected chi connectivity index (χ3v) is 5.15. The van der Waals surface area contributed by atoms with Crippen LogP contribution < -0.4 is 5.32 Å². The number of aryl methyl sites for hydroxylation is 1. The van der Waals surface area contributed by atoms with Gasteiger partial charge in [-0.15, -0.1) is 11.3 Å². The zero-order valence-electron chi connectivity index (χ0n) is 12.7. The molecule has 21 heavy (non-hydrogen) atoms. The molecule has 0 spiro atoms. The summed E-state index contributed by atoms with van der Waals surface area (Å²) in [4.78, 5) is 4.76. The minimum absolute atomic E-state index is 0.311. The lowest BCUT2D eigenvalue weighted by Crippen LogP contribution is -2.20. The molecule has 0 saturated carbocycles. The van der Waals surface area contributed by atoms with E-state index in [1.54, 1.807) is 11.3 Å². The molecule has 2 aromatic carbocycles. The molecular formula is C18H20N2S. The monoisotopic (exact) mass is 296 g/mol. The molecule has 1 atom stereocenters. The van der Waals surface area contributed by atoms with Crippen LogP contribution in [0.25, 0.3) is 10.2 Å². The minimum atomic E-state index is 0.311. The Hall–Kier alpha value is -1.71. The highest BCUT2D eigenvalue weighted by atomic mass is 32.1. The first-order valence-corrected chi connectivity index (χ1v) is 8.08. The third kappa shape index (κ3) is 2.85. The normalized spacial score (nSPS) is 12.7. The number of rotatable bonds is 4. The summed E-state index contributed by atoms with van der Waals surface area (Å²) in [6.07, 6.45) is 0.931. The molecule has 0 bridgehead atoms. The molecule has 3 rings (SSSR count). The molecule has 3 heteroatoms. The maximum Gasteiger partial charge on any atom is 0.0957 e. The molecule has 0 radical (unpaired) electrons. The summed E-state index contributed by atoms with van der Waals surface area (Å²) >= 11 is 1.79. The van der Waals surface area contributed by atoms with Crippen LogP contribution in [0.3, 0.4) is 0 Å². The molecule has 0 saturated heterocycles. The van der Waals surface area contributed by atoms with Crippen LogP contribution in [0.5, 0.6) is 0 Å². The number of thiazole rings is 1. The predicted octanol–water partition coefficient (Wildman–Crippen LogP) is 4.42. The summed E-state index contributed by atoms with van der Waals surface area (Å²) in [7, 11) is 2.03. The van der Waals surface area contributed by atoms with Gasteiger partial charge in [0.15, 0.2) is 0 Å². The van der Waals surface area contributed by atoms with Crippen molar-refractivity contribution in [2.45, 2.75) is 26.3 Å². The molecule has 2 nitrogen and oxygen atoms in total. The van der Waals surface area contributed by atoms with Crippen molar-refractivity contribution >= 4 is 21.6 Å². The molecule has 0 amide bonds. The van der Waals surface area contributed by atoms with Gasteiger partial charge < -0.3 is 5.32 Å². The van der Waals surface area contributed by atoms with Crippen molar-refractivity contribution in [3.63, 3.8) is 0 Å². The van der Waals surface area contributed by atoms with Crippen molar-refractivity contribution in [2.24, 2.45) is 0 Å². The summed E-state index contributed by atoms with van der Waals surface area (Å²) in [5.74, 6) is 0. The van der Waals surface area contributed by atoms with Crippen LogP contribution >= 0.6 is 11.3 Å². The molecular weight excluding hydrogens is 276 g/mol. The number of nitrogens with zero attached hydrogens (tertiary/aromatic N) is 1. The second kappa shape index (κ2) is 5.96. The second-order valence-electron chi connectivity index (χ2n) is 5.41. The van der Waals surface area contributed by atoms with E-state index in [9.17, 15) is 0 Å². The van der Waals surface area contributed by atoms with E-state index in [4.69, 9.17) is 4.98 Å². The fourth-order valence-electron chi connectivity index (χ4n) is 2.70. The first-order chi connectivity index (χ1) is 10.2. The second-order valence-corrected chi connectivity index (χ2v) is 6.53. The molecule has 1 aromatic heterocycles. The molecule has 1 N–H and O–H groups in total. The van der Waals surface area contributed by atoms with E-state index in [-0.39, 0.29) is 0 Å². The molecule has 1 unspecified atom stereocenters. The summed E-state index contributed by atoms with van der Waals surface area (Å²) in [5.41, 5.74) is 5.19. The van der Waals surface area contributed by atoms with Crippen molar-refractivity contribution in [1.29, 1.82) is 0 Å². The lowest BCUT2D eigenvalue weighted by atomic mass is 9.96. The maximum atomic E-state index is 4.76. The van der Waals surface area contributed by atoms with Gasteiger partial charge in [-0.05, 0) is 49.7 Å². The molecule has 108 valence electrons. The number of aromatic nitrogens is 1. The van der Waals surface area contributed by atoms with E-state index in [0.717, 1.165) is 11.9 Å². The number of hydrogen-bond acceptors (Lipinski definition) is 3. The summed E-state index contributed by atoms with van der Waals surface area (Å²) in [6.45, 7) is 4.37. The van der Waals surface area contributed by atoms with Crippen LogP contribution in [-0.2, 0) is 6.42 Å². The van der Waals surface area contributed by atoms with Gasteiger partial charge in [0.2, 0.25) is 0 Å². The highest BCUT2D eigenvalue weighted by Gasteiger charge is 2.15. The van der Waals surface area contributed by atoms with Crippen molar-refractivity contribution in [3.8, 4) is 0 Å². The van der Waals surface area contributed by atoms with Gasteiger partial charge in [-0.2, -0.15) is 0 Å². The predicted molar refractivity (Wildman–Crippen MR) is 91.0 cm³/mol. The van der Waals surface area contributed by atoms with Crippen LogP contribution in [0, 0.1) is 13.8 Å². The van der Waals surface area contributed by atoms with E-state index >= 15 is 0 Å². The molecule has 1 heterocycles. The first kappa shape index (κ1) is 14.2. The van der Waals surface area contributed by atoms with Gasteiger partial charge in [0.1, 0.15) is 0 Å². The summed E-state index contributed by atoms with van der Waals surface area (Å²) in [5, 5.41) is 4.64. The number of fused-ring (bicyclic) bond motifs is 1. The Morgan fingerprint density at radius 2 is 1.90 bits per heavy atom. The average Bonchev–Trinajstić information content (AvgIpc) is 2.90. The molecule has 0 aliphatic carbocycles. The smallest absolute Gasteiger partial charge is 0.0957 e. The lowest BCUT2D eigenvalue weighted by molar-refractivity contribution is 0.587. The summed E-state index contributed by atoms with van der Waals surface area (Å²) in [6, 6.07) is 15.2.